The van der Waals surface area contributed by atoms with Crippen LogP contribution in [0.3, 0.4) is 0 Å². The Kier molecular flexibility index (Phi) is 4.56. The summed E-state index contributed by atoms with van der Waals surface area (Å²) in [5, 5.41) is -0.0332. The van der Waals surface area contributed by atoms with Crippen molar-refractivity contribution in [3.63, 3.8) is 0 Å². The molecule has 0 heterocycles. The lowest BCUT2D eigenvalue weighted by Gasteiger charge is -2.07. The lowest BCUT2D eigenvalue weighted by molar-refractivity contribution is 0.103. The number of hydrogen-bond acceptors (Lipinski definition) is 1. The van der Waals surface area contributed by atoms with Crippen molar-refractivity contribution in [1.29, 1.82) is 0 Å². The first-order valence-corrected chi connectivity index (χ1v) is 6.94. The second-order valence-electron chi connectivity index (χ2n) is 5.26. The zero-order valence-corrected chi connectivity index (χ0v) is 12.2. The molecule has 3 heteroatoms. The Hall–Kier alpha value is -1.67. The van der Waals surface area contributed by atoms with Crippen molar-refractivity contribution in [3.05, 3.63) is 70.0 Å². The molecule has 2 aromatic carbocycles. The Morgan fingerprint density at radius 3 is 2.50 bits per heavy atom. The van der Waals surface area contributed by atoms with E-state index in [-0.39, 0.29) is 10.8 Å². The Balaban J connectivity index is 2.30. The molecule has 0 amide bonds. The van der Waals surface area contributed by atoms with Crippen molar-refractivity contribution < 1.29 is 9.18 Å². The SMILES string of the molecule is CC(C)Cc1cccc(C(=O)c2ccc(F)c(Cl)c2)c1. The number of halogens is 2. The van der Waals surface area contributed by atoms with Gasteiger partial charge in [0.25, 0.3) is 0 Å². The van der Waals surface area contributed by atoms with Crippen molar-refractivity contribution in [1.82, 2.24) is 0 Å². The summed E-state index contributed by atoms with van der Waals surface area (Å²) in [6, 6.07) is 11.6. The first kappa shape index (κ1) is 14.7. The van der Waals surface area contributed by atoms with Gasteiger partial charge in [-0.1, -0.05) is 43.6 Å². The van der Waals surface area contributed by atoms with Gasteiger partial charge in [-0.3, -0.25) is 4.79 Å². The van der Waals surface area contributed by atoms with Crippen LogP contribution in [0.15, 0.2) is 42.5 Å². The highest BCUT2D eigenvalue weighted by Gasteiger charge is 2.12. The largest absolute Gasteiger partial charge is 0.289 e. The molecular weight excluding hydrogens is 275 g/mol. The molecule has 0 aliphatic rings. The lowest BCUT2D eigenvalue weighted by Crippen LogP contribution is -2.03. The monoisotopic (exact) mass is 290 g/mol. The molecule has 2 aromatic rings. The fourth-order valence-corrected chi connectivity index (χ4v) is 2.30. The number of carbonyl (C=O) groups is 1. The zero-order valence-electron chi connectivity index (χ0n) is 11.5. The molecule has 20 heavy (non-hydrogen) atoms. The van der Waals surface area contributed by atoms with E-state index in [1.54, 1.807) is 6.07 Å². The molecule has 0 aliphatic heterocycles. The molecule has 0 radical (unpaired) electrons. The third-order valence-corrected chi connectivity index (χ3v) is 3.30. The van der Waals surface area contributed by atoms with Gasteiger partial charge in [-0.25, -0.2) is 4.39 Å². The van der Waals surface area contributed by atoms with E-state index in [0.29, 0.717) is 17.0 Å². The summed E-state index contributed by atoms with van der Waals surface area (Å²) in [4.78, 5) is 12.4. The Morgan fingerprint density at radius 2 is 1.85 bits per heavy atom. The van der Waals surface area contributed by atoms with Gasteiger partial charge in [0, 0.05) is 11.1 Å². The van der Waals surface area contributed by atoms with Gasteiger partial charge in [-0.15, -0.1) is 0 Å². The molecule has 0 fully saturated rings. The van der Waals surface area contributed by atoms with E-state index in [2.05, 4.69) is 13.8 Å². The van der Waals surface area contributed by atoms with E-state index in [4.69, 9.17) is 11.6 Å². The average Bonchev–Trinajstić information content (AvgIpc) is 2.40. The van der Waals surface area contributed by atoms with Crippen molar-refractivity contribution in [2.75, 3.05) is 0 Å². The van der Waals surface area contributed by atoms with Gasteiger partial charge in [0.2, 0.25) is 0 Å². The van der Waals surface area contributed by atoms with E-state index in [9.17, 15) is 9.18 Å². The molecular formula is C17H16ClFO. The molecule has 0 unspecified atom stereocenters. The molecule has 0 spiro atoms. The van der Waals surface area contributed by atoms with Gasteiger partial charge in [-0.2, -0.15) is 0 Å². The van der Waals surface area contributed by atoms with Crippen LogP contribution in [0.4, 0.5) is 4.39 Å². The summed E-state index contributed by atoms with van der Waals surface area (Å²) in [5.74, 6) is -0.130. The van der Waals surface area contributed by atoms with Gasteiger partial charge < -0.3 is 0 Å². The number of benzene rings is 2. The number of carbonyl (C=O) groups excluding carboxylic acids is 1. The van der Waals surface area contributed by atoms with Crippen molar-refractivity contribution in [3.8, 4) is 0 Å². The first-order valence-electron chi connectivity index (χ1n) is 6.56. The molecule has 0 aromatic heterocycles. The molecule has 104 valence electrons. The fourth-order valence-electron chi connectivity index (χ4n) is 2.11. The summed E-state index contributed by atoms with van der Waals surface area (Å²) in [6.07, 6.45) is 0.922. The minimum atomic E-state index is -0.517. The van der Waals surface area contributed by atoms with E-state index in [0.717, 1.165) is 12.0 Å². The third-order valence-electron chi connectivity index (χ3n) is 3.01. The lowest BCUT2D eigenvalue weighted by atomic mass is 9.97. The normalized spacial score (nSPS) is 10.8. The predicted octanol–water partition coefficient (Wildman–Crippen LogP) is 4.91. The van der Waals surface area contributed by atoms with Crippen LogP contribution in [-0.2, 0) is 6.42 Å². The summed E-state index contributed by atoms with van der Waals surface area (Å²) >= 11 is 5.72. The smallest absolute Gasteiger partial charge is 0.193 e. The van der Waals surface area contributed by atoms with E-state index >= 15 is 0 Å². The van der Waals surface area contributed by atoms with E-state index < -0.39 is 5.82 Å². The van der Waals surface area contributed by atoms with E-state index in [1.807, 2.05) is 18.2 Å². The first-order chi connectivity index (χ1) is 9.47. The summed E-state index contributed by atoms with van der Waals surface area (Å²) in [5.41, 5.74) is 2.13. The van der Waals surface area contributed by atoms with Crippen LogP contribution in [0.1, 0.15) is 35.3 Å². The highest BCUT2D eigenvalue weighted by atomic mass is 35.5. The van der Waals surface area contributed by atoms with Gasteiger partial charge in [0.05, 0.1) is 5.02 Å². The minimum Gasteiger partial charge on any atom is -0.289 e. The van der Waals surface area contributed by atoms with Gasteiger partial charge >= 0.3 is 0 Å². The molecule has 0 N–H and O–H groups in total. The van der Waals surface area contributed by atoms with Crippen LogP contribution >= 0.6 is 11.6 Å². The molecule has 0 aliphatic carbocycles. The highest BCUT2D eigenvalue weighted by molar-refractivity contribution is 6.31. The Labute approximate surface area is 123 Å². The number of rotatable bonds is 4. The van der Waals surface area contributed by atoms with Gasteiger partial charge in [-0.05, 0) is 42.2 Å². The molecule has 2 rings (SSSR count). The van der Waals surface area contributed by atoms with Gasteiger partial charge in [0.1, 0.15) is 5.82 Å². The second kappa shape index (κ2) is 6.19. The summed E-state index contributed by atoms with van der Waals surface area (Å²) in [6.45, 7) is 4.27. The van der Waals surface area contributed by atoms with Crippen LogP contribution in [-0.4, -0.2) is 5.78 Å². The van der Waals surface area contributed by atoms with Gasteiger partial charge in [0.15, 0.2) is 5.78 Å². The highest BCUT2D eigenvalue weighted by Crippen LogP contribution is 2.19. The van der Waals surface area contributed by atoms with Crippen LogP contribution in [0.25, 0.3) is 0 Å². The topological polar surface area (TPSA) is 17.1 Å². The number of ketones is 1. The Bertz CT molecular complexity index is 635. The molecule has 0 atom stereocenters. The van der Waals surface area contributed by atoms with Crippen LogP contribution < -0.4 is 0 Å². The maximum absolute atomic E-state index is 13.1. The zero-order chi connectivity index (χ0) is 14.7. The predicted molar refractivity (Wildman–Crippen MR) is 79.8 cm³/mol. The van der Waals surface area contributed by atoms with Crippen LogP contribution in [0, 0.1) is 11.7 Å². The molecule has 1 nitrogen and oxygen atoms in total. The van der Waals surface area contributed by atoms with Crippen molar-refractivity contribution in [2.24, 2.45) is 5.92 Å². The van der Waals surface area contributed by atoms with E-state index in [1.165, 1.54) is 18.2 Å². The van der Waals surface area contributed by atoms with Crippen LogP contribution in [0.5, 0.6) is 0 Å². The standard InChI is InChI=1S/C17H16ClFO/c1-11(2)8-12-4-3-5-13(9-12)17(20)14-6-7-16(19)15(18)10-14/h3-7,9-11H,8H2,1-2H3. The summed E-state index contributed by atoms with van der Waals surface area (Å²) in [7, 11) is 0. The third kappa shape index (κ3) is 3.45. The molecule has 0 saturated heterocycles. The average molecular weight is 291 g/mol. The van der Waals surface area contributed by atoms with Crippen molar-refractivity contribution >= 4 is 17.4 Å². The maximum Gasteiger partial charge on any atom is 0.193 e. The maximum atomic E-state index is 13.1. The molecule has 0 bridgehead atoms. The minimum absolute atomic E-state index is 0.0332. The van der Waals surface area contributed by atoms with Crippen molar-refractivity contribution in [2.45, 2.75) is 20.3 Å². The fraction of sp³-hybridized carbons (Fsp3) is 0.235. The molecule has 0 saturated carbocycles. The quantitative estimate of drug-likeness (QED) is 0.731. The van der Waals surface area contributed by atoms with Crippen LogP contribution in [0.2, 0.25) is 5.02 Å². The second-order valence-corrected chi connectivity index (χ2v) is 5.66. The summed E-state index contributed by atoms with van der Waals surface area (Å²) < 4.78 is 13.1. The number of hydrogen-bond donors (Lipinski definition) is 0. The Morgan fingerprint density at radius 1 is 1.15 bits per heavy atom.